The lowest BCUT2D eigenvalue weighted by molar-refractivity contribution is 0.222. The average molecular weight is 280 g/mol. The summed E-state index contributed by atoms with van der Waals surface area (Å²) in [5, 5.41) is 0. The van der Waals surface area contributed by atoms with E-state index in [2.05, 4.69) is 39.0 Å². The van der Waals surface area contributed by atoms with Crippen molar-refractivity contribution in [2.75, 3.05) is 13.1 Å². The summed E-state index contributed by atoms with van der Waals surface area (Å²) in [6.45, 7) is 2.65. The van der Waals surface area contributed by atoms with E-state index in [0.717, 1.165) is 6.04 Å². The highest BCUT2D eigenvalue weighted by Gasteiger charge is 2.26. The fourth-order valence-electron chi connectivity index (χ4n) is 3.14. The SMILES string of the molecule is Brc1cccc2c1CC(N1CCCC1)CC2. The molecule has 0 radical (unpaired) electrons. The molecule has 0 N–H and O–H groups in total. The number of benzene rings is 1. The third kappa shape index (κ3) is 1.93. The lowest BCUT2D eigenvalue weighted by Gasteiger charge is -2.32. The quantitative estimate of drug-likeness (QED) is 0.762. The molecule has 1 unspecified atom stereocenters. The Kier molecular flexibility index (Phi) is 3.03. The van der Waals surface area contributed by atoms with Gasteiger partial charge in [-0.15, -0.1) is 0 Å². The summed E-state index contributed by atoms with van der Waals surface area (Å²) in [6.07, 6.45) is 6.66. The van der Waals surface area contributed by atoms with Gasteiger partial charge in [0.25, 0.3) is 0 Å². The molecule has 1 aromatic rings. The lowest BCUT2D eigenvalue weighted by Crippen LogP contribution is -2.37. The van der Waals surface area contributed by atoms with Crippen LogP contribution >= 0.6 is 15.9 Å². The summed E-state index contributed by atoms with van der Waals surface area (Å²) in [7, 11) is 0. The van der Waals surface area contributed by atoms with Crippen molar-refractivity contribution in [1.29, 1.82) is 0 Å². The first-order chi connectivity index (χ1) is 7.84. The molecule has 86 valence electrons. The molecule has 16 heavy (non-hydrogen) atoms. The van der Waals surface area contributed by atoms with Crippen molar-refractivity contribution in [3.8, 4) is 0 Å². The maximum atomic E-state index is 3.70. The van der Waals surface area contributed by atoms with E-state index < -0.39 is 0 Å². The van der Waals surface area contributed by atoms with E-state index in [-0.39, 0.29) is 0 Å². The predicted molar refractivity (Wildman–Crippen MR) is 70.8 cm³/mol. The van der Waals surface area contributed by atoms with Gasteiger partial charge in [-0.2, -0.15) is 0 Å². The highest BCUT2D eigenvalue weighted by atomic mass is 79.9. The number of fused-ring (bicyclic) bond motifs is 1. The van der Waals surface area contributed by atoms with Crippen molar-refractivity contribution in [2.45, 2.75) is 38.1 Å². The van der Waals surface area contributed by atoms with Crippen molar-refractivity contribution in [2.24, 2.45) is 0 Å². The minimum atomic E-state index is 0.800. The van der Waals surface area contributed by atoms with Gasteiger partial charge in [-0.25, -0.2) is 0 Å². The fourth-order valence-corrected chi connectivity index (χ4v) is 3.71. The van der Waals surface area contributed by atoms with Gasteiger partial charge in [-0.1, -0.05) is 28.1 Å². The first-order valence-corrected chi connectivity index (χ1v) is 7.14. The smallest absolute Gasteiger partial charge is 0.0210 e. The minimum Gasteiger partial charge on any atom is -0.300 e. The highest BCUT2D eigenvalue weighted by Crippen LogP contribution is 2.31. The number of hydrogen-bond donors (Lipinski definition) is 0. The maximum absolute atomic E-state index is 3.70. The Labute approximate surface area is 106 Å². The zero-order valence-electron chi connectivity index (χ0n) is 9.58. The lowest BCUT2D eigenvalue weighted by atomic mass is 9.87. The van der Waals surface area contributed by atoms with E-state index >= 15 is 0 Å². The number of likely N-dealkylation sites (tertiary alicyclic amines) is 1. The normalized spacial score (nSPS) is 25.7. The molecule has 0 spiro atoms. The number of aryl methyl sites for hydroxylation is 1. The average Bonchev–Trinajstić information content (AvgIpc) is 2.83. The highest BCUT2D eigenvalue weighted by molar-refractivity contribution is 9.10. The Hall–Kier alpha value is -0.340. The van der Waals surface area contributed by atoms with Gasteiger partial charge in [0.15, 0.2) is 0 Å². The van der Waals surface area contributed by atoms with Crippen LogP contribution in [0.3, 0.4) is 0 Å². The topological polar surface area (TPSA) is 3.24 Å². The van der Waals surface area contributed by atoms with Crippen LogP contribution in [0.5, 0.6) is 0 Å². The van der Waals surface area contributed by atoms with Gasteiger partial charge in [0.05, 0.1) is 0 Å². The Morgan fingerprint density at radius 1 is 1.19 bits per heavy atom. The van der Waals surface area contributed by atoms with Crippen molar-refractivity contribution >= 4 is 15.9 Å². The van der Waals surface area contributed by atoms with E-state index in [1.54, 1.807) is 11.1 Å². The number of rotatable bonds is 1. The standard InChI is InChI=1S/C14H18BrN/c15-14-5-3-4-11-6-7-12(10-13(11)14)16-8-1-2-9-16/h3-5,12H,1-2,6-10H2. The van der Waals surface area contributed by atoms with E-state index in [4.69, 9.17) is 0 Å². The van der Waals surface area contributed by atoms with Gasteiger partial charge in [-0.05, 0) is 62.4 Å². The van der Waals surface area contributed by atoms with Crippen LogP contribution in [0.4, 0.5) is 0 Å². The molecule has 1 aliphatic carbocycles. The van der Waals surface area contributed by atoms with E-state index in [1.807, 2.05) is 0 Å². The summed E-state index contributed by atoms with van der Waals surface area (Å²) < 4.78 is 1.31. The van der Waals surface area contributed by atoms with Crippen molar-refractivity contribution in [3.05, 3.63) is 33.8 Å². The van der Waals surface area contributed by atoms with Crippen LogP contribution in [0, 0.1) is 0 Å². The molecule has 2 aliphatic rings. The van der Waals surface area contributed by atoms with Crippen LogP contribution in [-0.2, 0) is 12.8 Å². The summed E-state index contributed by atoms with van der Waals surface area (Å²) in [4.78, 5) is 2.70. The van der Waals surface area contributed by atoms with Crippen molar-refractivity contribution in [3.63, 3.8) is 0 Å². The molecule has 1 atom stereocenters. The number of nitrogens with zero attached hydrogens (tertiary/aromatic N) is 1. The Balaban J connectivity index is 1.82. The number of hydrogen-bond acceptors (Lipinski definition) is 1. The zero-order chi connectivity index (χ0) is 11.0. The Morgan fingerprint density at radius 2 is 2.00 bits per heavy atom. The summed E-state index contributed by atoms with van der Waals surface area (Å²) in [6, 6.07) is 7.44. The molecule has 1 nitrogen and oxygen atoms in total. The van der Waals surface area contributed by atoms with Crippen LogP contribution < -0.4 is 0 Å². The monoisotopic (exact) mass is 279 g/mol. The van der Waals surface area contributed by atoms with E-state index in [1.165, 1.54) is 49.7 Å². The van der Waals surface area contributed by atoms with Gasteiger partial charge < -0.3 is 4.90 Å². The van der Waals surface area contributed by atoms with Crippen LogP contribution in [-0.4, -0.2) is 24.0 Å². The first-order valence-electron chi connectivity index (χ1n) is 6.35. The molecular weight excluding hydrogens is 262 g/mol. The molecule has 1 heterocycles. The zero-order valence-corrected chi connectivity index (χ0v) is 11.2. The molecule has 0 amide bonds. The molecule has 1 aromatic carbocycles. The molecule has 0 aromatic heterocycles. The molecule has 0 bridgehead atoms. The largest absolute Gasteiger partial charge is 0.300 e. The Bertz CT molecular complexity index is 382. The molecule has 2 heteroatoms. The molecule has 1 fully saturated rings. The van der Waals surface area contributed by atoms with Crippen LogP contribution in [0.2, 0.25) is 0 Å². The minimum absolute atomic E-state index is 0.800. The molecule has 0 saturated carbocycles. The predicted octanol–water partition coefficient (Wildman–Crippen LogP) is 3.40. The van der Waals surface area contributed by atoms with Gasteiger partial charge in [-0.3, -0.25) is 0 Å². The fraction of sp³-hybridized carbons (Fsp3) is 0.571. The van der Waals surface area contributed by atoms with Gasteiger partial charge in [0.1, 0.15) is 0 Å². The first kappa shape index (κ1) is 10.8. The Morgan fingerprint density at radius 3 is 2.81 bits per heavy atom. The van der Waals surface area contributed by atoms with Crippen LogP contribution in [0.1, 0.15) is 30.4 Å². The molecule has 3 rings (SSSR count). The van der Waals surface area contributed by atoms with Crippen molar-refractivity contribution < 1.29 is 0 Å². The summed E-state index contributed by atoms with van der Waals surface area (Å²) >= 11 is 3.70. The van der Waals surface area contributed by atoms with Gasteiger partial charge in [0.2, 0.25) is 0 Å². The van der Waals surface area contributed by atoms with Crippen molar-refractivity contribution in [1.82, 2.24) is 4.90 Å². The van der Waals surface area contributed by atoms with Gasteiger partial charge in [0, 0.05) is 10.5 Å². The van der Waals surface area contributed by atoms with Gasteiger partial charge >= 0.3 is 0 Å². The van der Waals surface area contributed by atoms with Crippen LogP contribution in [0.15, 0.2) is 22.7 Å². The second-order valence-corrected chi connectivity index (χ2v) is 5.87. The second-order valence-electron chi connectivity index (χ2n) is 5.02. The molecule has 1 aliphatic heterocycles. The van der Waals surface area contributed by atoms with E-state index in [9.17, 15) is 0 Å². The summed E-state index contributed by atoms with van der Waals surface area (Å²) in [5.41, 5.74) is 3.12. The maximum Gasteiger partial charge on any atom is 0.0210 e. The number of halogens is 1. The third-order valence-electron chi connectivity index (χ3n) is 4.06. The molecular formula is C14H18BrN. The molecule has 1 saturated heterocycles. The second kappa shape index (κ2) is 4.50. The third-order valence-corrected chi connectivity index (χ3v) is 4.80. The van der Waals surface area contributed by atoms with E-state index in [0.29, 0.717) is 0 Å². The van der Waals surface area contributed by atoms with Crippen LogP contribution in [0.25, 0.3) is 0 Å². The summed E-state index contributed by atoms with van der Waals surface area (Å²) in [5.74, 6) is 0.